The van der Waals surface area contributed by atoms with E-state index in [0.29, 0.717) is 0 Å². The molecule has 17 heavy (non-hydrogen) atoms. The second-order valence-electron chi connectivity index (χ2n) is 3.74. The Balaban J connectivity index is 2.21. The average molecular weight is 223 g/mol. The van der Waals surface area contributed by atoms with E-state index in [4.69, 9.17) is 0 Å². The summed E-state index contributed by atoms with van der Waals surface area (Å²) in [6.07, 6.45) is 3.40. The van der Waals surface area contributed by atoms with Crippen LogP contribution in [0, 0.1) is 0 Å². The Kier molecular flexibility index (Phi) is 2.19. The van der Waals surface area contributed by atoms with E-state index in [0.717, 1.165) is 22.0 Å². The minimum absolute atomic E-state index is 0.200. The molecular formula is C13H9N3O. The van der Waals surface area contributed by atoms with Crippen molar-refractivity contribution >= 4 is 10.9 Å². The molecule has 1 aromatic carbocycles. The molecule has 4 nitrogen and oxygen atoms in total. The summed E-state index contributed by atoms with van der Waals surface area (Å²) < 4.78 is 0. The summed E-state index contributed by atoms with van der Waals surface area (Å²) in [4.78, 5) is 15.4. The van der Waals surface area contributed by atoms with Gasteiger partial charge in [-0.05, 0) is 23.8 Å². The first-order valence-corrected chi connectivity index (χ1v) is 5.23. The first kappa shape index (κ1) is 9.72. The maximum atomic E-state index is 11.2. The third kappa shape index (κ3) is 1.80. The lowest BCUT2D eigenvalue weighted by Crippen LogP contribution is -2.05. The lowest BCUT2D eigenvalue weighted by molar-refractivity contribution is 0.991. The van der Waals surface area contributed by atoms with Crippen molar-refractivity contribution in [1.29, 1.82) is 0 Å². The number of H-pyrrole nitrogens is 1. The molecule has 0 saturated heterocycles. The van der Waals surface area contributed by atoms with Crippen molar-refractivity contribution in [2.24, 2.45) is 0 Å². The molecule has 0 amide bonds. The molecule has 82 valence electrons. The number of aromatic amines is 1. The minimum atomic E-state index is -0.200. The second kappa shape index (κ2) is 3.83. The molecule has 0 aliphatic rings. The number of benzene rings is 1. The number of hydrogen-bond donors (Lipinski definition) is 1. The molecule has 0 aliphatic heterocycles. The van der Waals surface area contributed by atoms with E-state index in [1.165, 1.54) is 6.07 Å². The van der Waals surface area contributed by atoms with Gasteiger partial charge in [-0.2, -0.15) is 5.10 Å². The Labute approximate surface area is 97.0 Å². The van der Waals surface area contributed by atoms with Gasteiger partial charge in [-0.1, -0.05) is 12.1 Å². The van der Waals surface area contributed by atoms with Crippen molar-refractivity contribution in [3.8, 4) is 11.1 Å². The van der Waals surface area contributed by atoms with Crippen molar-refractivity contribution in [3.63, 3.8) is 0 Å². The molecule has 1 N–H and O–H groups in total. The molecule has 0 radical (unpaired) electrons. The molecule has 0 atom stereocenters. The van der Waals surface area contributed by atoms with E-state index >= 15 is 0 Å². The van der Waals surface area contributed by atoms with Crippen molar-refractivity contribution in [3.05, 3.63) is 59.1 Å². The topological polar surface area (TPSA) is 58.6 Å². The number of aromatic nitrogens is 3. The van der Waals surface area contributed by atoms with Crippen LogP contribution in [0.25, 0.3) is 22.0 Å². The lowest BCUT2D eigenvalue weighted by atomic mass is 10.1. The quantitative estimate of drug-likeness (QED) is 0.686. The zero-order valence-corrected chi connectivity index (χ0v) is 8.92. The summed E-state index contributed by atoms with van der Waals surface area (Å²) in [5, 5.41) is 7.19. The monoisotopic (exact) mass is 223 g/mol. The third-order valence-electron chi connectivity index (χ3n) is 2.60. The molecule has 0 saturated carbocycles. The van der Waals surface area contributed by atoms with Crippen LogP contribution in [-0.4, -0.2) is 15.2 Å². The zero-order chi connectivity index (χ0) is 11.7. The molecule has 0 spiro atoms. The molecule has 0 bridgehead atoms. The third-order valence-corrected chi connectivity index (χ3v) is 2.60. The summed E-state index contributed by atoms with van der Waals surface area (Å²) in [7, 11) is 0. The largest absolute Gasteiger partial charge is 0.268 e. The van der Waals surface area contributed by atoms with Crippen LogP contribution in [0.3, 0.4) is 0 Å². The van der Waals surface area contributed by atoms with E-state index in [1.54, 1.807) is 12.4 Å². The summed E-state index contributed by atoms with van der Waals surface area (Å²) in [6, 6.07) is 11.3. The summed E-state index contributed by atoms with van der Waals surface area (Å²) in [5.41, 5.74) is 2.51. The minimum Gasteiger partial charge on any atom is -0.268 e. The predicted molar refractivity (Wildman–Crippen MR) is 65.6 cm³/mol. The Bertz CT molecular complexity index is 734. The van der Waals surface area contributed by atoms with E-state index in [1.807, 2.05) is 30.3 Å². The first-order valence-electron chi connectivity index (χ1n) is 5.23. The van der Waals surface area contributed by atoms with E-state index in [9.17, 15) is 4.79 Å². The van der Waals surface area contributed by atoms with Crippen molar-refractivity contribution in [2.75, 3.05) is 0 Å². The Morgan fingerprint density at radius 1 is 1.06 bits per heavy atom. The van der Waals surface area contributed by atoms with Gasteiger partial charge in [-0.3, -0.25) is 9.78 Å². The summed E-state index contributed by atoms with van der Waals surface area (Å²) in [5.74, 6) is 0. The maximum Gasteiger partial charge on any atom is 0.264 e. The fourth-order valence-electron chi connectivity index (χ4n) is 1.79. The second-order valence-corrected chi connectivity index (χ2v) is 3.74. The van der Waals surface area contributed by atoms with Crippen LogP contribution in [0.15, 0.2) is 53.6 Å². The van der Waals surface area contributed by atoms with Gasteiger partial charge >= 0.3 is 0 Å². The van der Waals surface area contributed by atoms with Crippen molar-refractivity contribution in [2.45, 2.75) is 0 Å². The molecule has 3 rings (SSSR count). The van der Waals surface area contributed by atoms with Crippen LogP contribution in [0.5, 0.6) is 0 Å². The standard InChI is InChI=1S/C13H9N3O/c17-13-7-11(8-15-16-13)9-3-4-12-10(6-9)2-1-5-14-12/h1-8H,(H,16,17). The number of nitrogens with one attached hydrogen (secondary N) is 1. The summed E-state index contributed by atoms with van der Waals surface area (Å²) >= 11 is 0. The van der Waals surface area contributed by atoms with Crippen molar-refractivity contribution < 1.29 is 0 Å². The van der Waals surface area contributed by atoms with Gasteiger partial charge in [0.15, 0.2) is 0 Å². The average Bonchev–Trinajstić information content (AvgIpc) is 2.38. The molecule has 0 unspecified atom stereocenters. The van der Waals surface area contributed by atoms with Gasteiger partial charge < -0.3 is 0 Å². The van der Waals surface area contributed by atoms with Crippen LogP contribution in [0.4, 0.5) is 0 Å². The van der Waals surface area contributed by atoms with E-state index in [-0.39, 0.29) is 5.56 Å². The molecular weight excluding hydrogens is 214 g/mol. The molecule has 2 heterocycles. The van der Waals surface area contributed by atoms with Gasteiger partial charge in [0, 0.05) is 23.2 Å². The molecule has 2 aromatic heterocycles. The molecule has 0 fully saturated rings. The van der Waals surface area contributed by atoms with Gasteiger partial charge in [0.1, 0.15) is 0 Å². The highest BCUT2D eigenvalue weighted by Crippen LogP contribution is 2.21. The summed E-state index contributed by atoms with van der Waals surface area (Å²) in [6.45, 7) is 0. The number of nitrogens with zero attached hydrogens (tertiary/aromatic N) is 2. The first-order chi connectivity index (χ1) is 8.33. The fraction of sp³-hybridized carbons (Fsp3) is 0. The number of rotatable bonds is 1. The van der Waals surface area contributed by atoms with Gasteiger partial charge in [-0.15, -0.1) is 0 Å². The molecule has 3 aromatic rings. The normalized spacial score (nSPS) is 10.6. The molecule has 0 aliphatic carbocycles. The van der Waals surface area contributed by atoms with Crippen molar-refractivity contribution in [1.82, 2.24) is 15.2 Å². The van der Waals surface area contributed by atoms with Crippen LogP contribution >= 0.6 is 0 Å². The van der Waals surface area contributed by atoms with Gasteiger partial charge in [-0.25, -0.2) is 5.10 Å². The lowest BCUT2D eigenvalue weighted by Gasteiger charge is -2.02. The van der Waals surface area contributed by atoms with Gasteiger partial charge in [0.05, 0.1) is 11.7 Å². The zero-order valence-electron chi connectivity index (χ0n) is 8.92. The number of hydrogen-bond acceptors (Lipinski definition) is 3. The van der Waals surface area contributed by atoms with Crippen LogP contribution in [0.1, 0.15) is 0 Å². The smallest absolute Gasteiger partial charge is 0.264 e. The highest BCUT2D eigenvalue weighted by Gasteiger charge is 2.01. The number of fused-ring (bicyclic) bond motifs is 1. The van der Waals surface area contributed by atoms with E-state index < -0.39 is 0 Å². The Morgan fingerprint density at radius 3 is 2.88 bits per heavy atom. The highest BCUT2D eigenvalue weighted by molar-refractivity contribution is 5.84. The SMILES string of the molecule is O=c1cc(-c2ccc3ncccc3c2)cn[nH]1. The Morgan fingerprint density at radius 2 is 2.00 bits per heavy atom. The fourth-order valence-corrected chi connectivity index (χ4v) is 1.79. The number of pyridine rings is 1. The van der Waals surface area contributed by atoms with E-state index in [2.05, 4.69) is 15.2 Å². The highest BCUT2D eigenvalue weighted by atomic mass is 16.1. The maximum absolute atomic E-state index is 11.2. The molecule has 4 heteroatoms. The van der Waals surface area contributed by atoms with Crippen LogP contribution in [-0.2, 0) is 0 Å². The predicted octanol–water partition coefficient (Wildman–Crippen LogP) is 1.99. The van der Waals surface area contributed by atoms with Gasteiger partial charge in [0.25, 0.3) is 5.56 Å². The Hall–Kier alpha value is -2.49. The van der Waals surface area contributed by atoms with Crippen LogP contribution < -0.4 is 5.56 Å². The van der Waals surface area contributed by atoms with Gasteiger partial charge in [0.2, 0.25) is 0 Å². The van der Waals surface area contributed by atoms with Crippen LogP contribution in [0.2, 0.25) is 0 Å².